The number of amides is 1. The molecule has 0 heterocycles. The van der Waals surface area contributed by atoms with Gasteiger partial charge in [0.2, 0.25) is 5.91 Å². The van der Waals surface area contributed by atoms with E-state index >= 15 is 0 Å². The Morgan fingerprint density at radius 3 is 2.62 bits per heavy atom. The molecule has 4 nitrogen and oxygen atoms in total. The van der Waals surface area contributed by atoms with Crippen LogP contribution in [0.2, 0.25) is 0 Å². The second-order valence-electron chi connectivity index (χ2n) is 6.47. The van der Waals surface area contributed by atoms with Crippen LogP contribution in [-0.2, 0) is 9.59 Å². The van der Waals surface area contributed by atoms with Gasteiger partial charge < -0.3 is 15.2 Å². The zero-order chi connectivity index (χ0) is 14.8. The average molecular weight is 288 g/mol. The van der Waals surface area contributed by atoms with Gasteiger partial charge in [-0.15, -0.1) is 0 Å². The zero-order valence-electron chi connectivity index (χ0n) is 12.2. The highest BCUT2D eigenvalue weighted by Gasteiger charge is 2.48. The van der Waals surface area contributed by atoms with E-state index in [1.54, 1.807) is 0 Å². The summed E-state index contributed by atoms with van der Waals surface area (Å²) in [5, 5.41) is 14.2. The largest absolute Gasteiger partial charge is 0.550 e. The van der Waals surface area contributed by atoms with Crippen molar-refractivity contribution in [1.29, 1.82) is 0 Å². The van der Waals surface area contributed by atoms with Crippen molar-refractivity contribution in [1.82, 2.24) is 5.32 Å². The molecule has 0 unspecified atom stereocenters. The summed E-state index contributed by atoms with van der Waals surface area (Å²) in [6.45, 7) is 0.613. The quantitative estimate of drug-likeness (QED) is 0.772. The zero-order valence-corrected chi connectivity index (χ0v) is 12.2. The van der Waals surface area contributed by atoms with Crippen LogP contribution in [0, 0.1) is 23.7 Å². The summed E-state index contributed by atoms with van der Waals surface area (Å²) in [7, 11) is 0. The minimum Gasteiger partial charge on any atom is -0.550 e. The summed E-state index contributed by atoms with van der Waals surface area (Å²) in [4.78, 5) is 23.6. The van der Waals surface area contributed by atoms with E-state index in [1.807, 2.05) is 12.2 Å². The fourth-order valence-corrected chi connectivity index (χ4v) is 4.10. The number of aliphatic carboxylic acids is 1. The first-order valence-corrected chi connectivity index (χ1v) is 8.01. The van der Waals surface area contributed by atoms with Gasteiger partial charge in [0.15, 0.2) is 0 Å². The predicted octanol–water partition coefficient (Wildman–Crippen LogP) is 1.18. The molecule has 4 atom stereocenters. The van der Waals surface area contributed by atoms with Crippen LogP contribution in [0.5, 0.6) is 0 Å². The number of fused-ring (bicyclic) bond motifs is 2. The number of carbonyl (C=O) groups excluding carboxylic acids is 2. The van der Waals surface area contributed by atoms with Gasteiger partial charge in [0.1, 0.15) is 0 Å². The Hall–Kier alpha value is -1.58. The molecular weight excluding hydrogens is 266 g/mol. The summed E-state index contributed by atoms with van der Waals surface area (Å²) in [5.74, 6) is -2.22. The first kappa shape index (κ1) is 14.4. The molecule has 21 heavy (non-hydrogen) atoms. The molecule has 0 saturated heterocycles. The highest BCUT2D eigenvalue weighted by molar-refractivity contribution is 5.86. The van der Waals surface area contributed by atoms with Crippen LogP contribution in [-0.4, -0.2) is 18.4 Å². The topological polar surface area (TPSA) is 69.2 Å². The smallest absolute Gasteiger partial charge is 0.224 e. The molecule has 1 saturated carbocycles. The van der Waals surface area contributed by atoms with E-state index in [0.717, 1.165) is 25.7 Å². The maximum Gasteiger partial charge on any atom is 0.224 e. The molecule has 1 N–H and O–H groups in total. The monoisotopic (exact) mass is 288 g/mol. The fraction of sp³-hybridized carbons (Fsp3) is 0.647. The molecule has 0 aromatic heterocycles. The van der Waals surface area contributed by atoms with Crippen LogP contribution in [0.25, 0.3) is 0 Å². The van der Waals surface area contributed by atoms with Gasteiger partial charge in [-0.25, -0.2) is 0 Å². The van der Waals surface area contributed by atoms with E-state index in [2.05, 4.69) is 11.4 Å². The van der Waals surface area contributed by atoms with Crippen LogP contribution >= 0.6 is 0 Å². The molecule has 3 aliphatic rings. The van der Waals surface area contributed by atoms with Crippen molar-refractivity contribution in [3.8, 4) is 0 Å². The molecule has 1 fully saturated rings. The molecule has 0 aromatic rings. The molecule has 3 aliphatic carbocycles. The number of hydrogen-bond donors (Lipinski definition) is 1. The van der Waals surface area contributed by atoms with Crippen LogP contribution in [0.3, 0.4) is 0 Å². The Bertz CT molecular complexity index is 494. The highest BCUT2D eigenvalue weighted by atomic mass is 16.4. The molecule has 4 heteroatoms. The van der Waals surface area contributed by atoms with Gasteiger partial charge in [0, 0.05) is 18.4 Å². The lowest BCUT2D eigenvalue weighted by Crippen LogP contribution is -2.45. The van der Waals surface area contributed by atoms with Crippen molar-refractivity contribution in [2.45, 2.75) is 38.5 Å². The third-order valence-electron chi connectivity index (χ3n) is 5.16. The normalized spacial score (nSPS) is 33.8. The number of carbonyl (C=O) groups is 2. The van der Waals surface area contributed by atoms with Crippen molar-refractivity contribution in [2.75, 3.05) is 6.54 Å². The second kappa shape index (κ2) is 6.04. The van der Waals surface area contributed by atoms with Gasteiger partial charge in [0.05, 0.1) is 5.92 Å². The summed E-state index contributed by atoms with van der Waals surface area (Å²) < 4.78 is 0. The molecule has 0 radical (unpaired) electrons. The molecule has 3 rings (SSSR count). The van der Waals surface area contributed by atoms with E-state index in [0.29, 0.717) is 6.54 Å². The third kappa shape index (κ3) is 2.89. The standard InChI is InChI=1S/C17H23NO3/c19-16(18-9-8-11-4-2-1-3-5-11)14-12-6-7-13(10-12)15(14)17(20)21/h4,6-7,12-15H,1-3,5,8-10H2,(H,18,19)(H,20,21)/p-1/t12-,13-,14+,15-/m0/s1. The molecule has 2 bridgehead atoms. The Kier molecular flexibility index (Phi) is 4.13. The molecular formula is C17H22NO3-. The van der Waals surface area contributed by atoms with Crippen LogP contribution in [0.1, 0.15) is 38.5 Å². The summed E-state index contributed by atoms with van der Waals surface area (Å²) in [5.41, 5.74) is 1.42. The van der Waals surface area contributed by atoms with Gasteiger partial charge in [-0.1, -0.05) is 23.8 Å². The van der Waals surface area contributed by atoms with Gasteiger partial charge in [0.25, 0.3) is 0 Å². The van der Waals surface area contributed by atoms with Crippen LogP contribution in [0.15, 0.2) is 23.8 Å². The van der Waals surface area contributed by atoms with E-state index in [-0.39, 0.29) is 17.7 Å². The molecule has 114 valence electrons. The minimum atomic E-state index is -1.08. The van der Waals surface area contributed by atoms with Gasteiger partial charge in [-0.05, 0) is 50.4 Å². The highest BCUT2D eigenvalue weighted by Crippen LogP contribution is 2.47. The van der Waals surface area contributed by atoms with E-state index in [1.165, 1.54) is 18.4 Å². The van der Waals surface area contributed by atoms with Gasteiger partial charge in [-0.3, -0.25) is 4.79 Å². The summed E-state index contributed by atoms with van der Waals surface area (Å²) in [6.07, 6.45) is 12.7. The molecule has 0 spiro atoms. The SMILES string of the molecule is O=C([O-])[C@@H]1[C@H](C(=O)NCCC2=CCCCC2)[C@H]2C=C[C@H]1C2. The number of hydrogen-bond acceptors (Lipinski definition) is 3. The van der Waals surface area contributed by atoms with Crippen LogP contribution in [0.4, 0.5) is 0 Å². The van der Waals surface area contributed by atoms with Gasteiger partial charge >= 0.3 is 0 Å². The Balaban J connectivity index is 1.54. The Morgan fingerprint density at radius 2 is 1.95 bits per heavy atom. The fourth-order valence-electron chi connectivity index (χ4n) is 4.10. The lowest BCUT2D eigenvalue weighted by atomic mass is 9.82. The second-order valence-corrected chi connectivity index (χ2v) is 6.47. The lowest BCUT2D eigenvalue weighted by Gasteiger charge is -2.28. The summed E-state index contributed by atoms with van der Waals surface area (Å²) in [6, 6.07) is 0. The molecule has 0 aromatic carbocycles. The molecule has 0 aliphatic heterocycles. The lowest BCUT2D eigenvalue weighted by molar-refractivity contribution is -0.313. The summed E-state index contributed by atoms with van der Waals surface area (Å²) >= 11 is 0. The maximum absolute atomic E-state index is 12.3. The third-order valence-corrected chi connectivity index (χ3v) is 5.16. The van der Waals surface area contributed by atoms with Crippen molar-refractivity contribution < 1.29 is 14.7 Å². The Labute approximate surface area is 125 Å². The van der Waals surface area contributed by atoms with Crippen LogP contribution < -0.4 is 10.4 Å². The van der Waals surface area contributed by atoms with E-state index in [4.69, 9.17) is 0 Å². The Morgan fingerprint density at radius 1 is 1.19 bits per heavy atom. The number of allylic oxidation sites excluding steroid dienone is 3. The number of nitrogens with one attached hydrogen (secondary N) is 1. The van der Waals surface area contributed by atoms with Crippen molar-refractivity contribution in [3.05, 3.63) is 23.8 Å². The average Bonchev–Trinajstić information content (AvgIpc) is 3.08. The van der Waals surface area contributed by atoms with Crippen molar-refractivity contribution in [2.24, 2.45) is 23.7 Å². The molecule has 1 amide bonds. The first-order valence-electron chi connectivity index (χ1n) is 8.01. The minimum absolute atomic E-state index is 0.0168. The van der Waals surface area contributed by atoms with Crippen molar-refractivity contribution in [3.63, 3.8) is 0 Å². The first-order chi connectivity index (χ1) is 10.2. The van der Waals surface area contributed by atoms with Gasteiger partial charge in [-0.2, -0.15) is 0 Å². The van der Waals surface area contributed by atoms with Crippen molar-refractivity contribution >= 4 is 11.9 Å². The maximum atomic E-state index is 12.3. The number of carboxylic acid groups (broad SMARTS) is 1. The number of rotatable bonds is 5. The van der Waals surface area contributed by atoms with E-state index < -0.39 is 17.8 Å². The van der Waals surface area contributed by atoms with E-state index in [9.17, 15) is 14.7 Å². The number of carboxylic acids is 1. The predicted molar refractivity (Wildman–Crippen MR) is 76.9 cm³/mol.